The fourth-order valence-electron chi connectivity index (χ4n) is 2.32. The molecule has 3 N–H and O–H groups in total. The number of rotatable bonds is 7. The number of aryl methyl sites for hydroxylation is 1. The van der Waals surface area contributed by atoms with E-state index in [1.807, 2.05) is 0 Å². The molecule has 25 heavy (non-hydrogen) atoms. The third kappa shape index (κ3) is 3.63. The van der Waals surface area contributed by atoms with E-state index in [0.29, 0.717) is 30.5 Å². The van der Waals surface area contributed by atoms with Crippen molar-refractivity contribution in [3.05, 3.63) is 46.1 Å². The quantitative estimate of drug-likeness (QED) is 0.432. The standard InChI is InChI=1S/C15H17N7O3/c1-21-14-12(9-18-21)13(19-15(20-14)16-6-7-23)17-8-10-2-4-11(5-3-10)22(24)25/h2-5,9,23H,6-8H2,1H3,(H2,16,17,19,20). The number of nitro benzene ring substituents is 1. The van der Waals surface area contributed by atoms with Gasteiger partial charge in [-0.05, 0) is 5.56 Å². The number of hydrogen-bond acceptors (Lipinski definition) is 8. The fourth-order valence-corrected chi connectivity index (χ4v) is 2.32. The molecule has 3 rings (SSSR count). The van der Waals surface area contributed by atoms with Gasteiger partial charge >= 0.3 is 0 Å². The number of hydrogen-bond donors (Lipinski definition) is 3. The molecule has 0 saturated heterocycles. The first-order valence-corrected chi connectivity index (χ1v) is 7.60. The maximum atomic E-state index is 10.7. The number of nitrogens with zero attached hydrogens (tertiary/aromatic N) is 5. The van der Waals surface area contributed by atoms with Crippen molar-refractivity contribution in [2.24, 2.45) is 7.05 Å². The van der Waals surface area contributed by atoms with Gasteiger partial charge in [-0.15, -0.1) is 0 Å². The van der Waals surface area contributed by atoms with Gasteiger partial charge in [0, 0.05) is 32.3 Å². The molecule has 0 unspecified atom stereocenters. The Hall–Kier alpha value is -3.27. The van der Waals surface area contributed by atoms with Gasteiger partial charge in [-0.3, -0.25) is 14.8 Å². The summed E-state index contributed by atoms with van der Waals surface area (Å²) in [4.78, 5) is 19.1. The van der Waals surface area contributed by atoms with Crippen LogP contribution in [0.15, 0.2) is 30.5 Å². The molecule has 130 valence electrons. The SMILES string of the molecule is Cn1ncc2c(NCc3ccc([N+](=O)[O-])cc3)nc(NCCO)nc21. The van der Waals surface area contributed by atoms with Crippen LogP contribution in [-0.4, -0.2) is 42.9 Å². The van der Waals surface area contributed by atoms with E-state index < -0.39 is 4.92 Å². The zero-order valence-corrected chi connectivity index (χ0v) is 13.5. The Labute approximate surface area is 142 Å². The average molecular weight is 343 g/mol. The number of fused-ring (bicyclic) bond motifs is 1. The highest BCUT2D eigenvalue weighted by molar-refractivity contribution is 5.87. The highest BCUT2D eigenvalue weighted by Crippen LogP contribution is 2.22. The topological polar surface area (TPSA) is 131 Å². The molecular formula is C15H17N7O3. The van der Waals surface area contributed by atoms with E-state index in [1.165, 1.54) is 12.1 Å². The lowest BCUT2D eigenvalue weighted by atomic mass is 10.2. The first kappa shape index (κ1) is 16.6. The highest BCUT2D eigenvalue weighted by atomic mass is 16.6. The Balaban J connectivity index is 1.83. The van der Waals surface area contributed by atoms with Crippen LogP contribution >= 0.6 is 0 Å². The predicted molar refractivity (Wildman–Crippen MR) is 92.3 cm³/mol. The van der Waals surface area contributed by atoms with Gasteiger partial charge in [0.15, 0.2) is 5.65 Å². The molecule has 0 amide bonds. The summed E-state index contributed by atoms with van der Waals surface area (Å²) in [5.41, 5.74) is 1.59. The number of aliphatic hydroxyl groups excluding tert-OH is 1. The first-order chi connectivity index (χ1) is 12.1. The van der Waals surface area contributed by atoms with Gasteiger partial charge in [-0.2, -0.15) is 15.1 Å². The van der Waals surface area contributed by atoms with E-state index in [4.69, 9.17) is 5.11 Å². The lowest BCUT2D eigenvalue weighted by Gasteiger charge is -2.10. The molecule has 0 saturated carbocycles. The minimum Gasteiger partial charge on any atom is -0.395 e. The number of non-ortho nitro benzene ring substituents is 1. The summed E-state index contributed by atoms with van der Waals surface area (Å²) < 4.78 is 1.64. The summed E-state index contributed by atoms with van der Waals surface area (Å²) >= 11 is 0. The molecule has 2 heterocycles. The Bertz CT molecular complexity index is 892. The summed E-state index contributed by atoms with van der Waals surface area (Å²) in [5, 5.41) is 30.7. The molecule has 0 aliphatic rings. The van der Waals surface area contributed by atoms with Crippen LogP contribution in [0.5, 0.6) is 0 Å². The molecule has 0 atom stereocenters. The molecule has 0 aliphatic carbocycles. The van der Waals surface area contributed by atoms with E-state index in [-0.39, 0.29) is 12.3 Å². The molecule has 10 nitrogen and oxygen atoms in total. The number of nitrogens with one attached hydrogen (secondary N) is 2. The molecule has 10 heteroatoms. The van der Waals surface area contributed by atoms with E-state index in [1.54, 1.807) is 30.1 Å². The summed E-state index contributed by atoms with van der Waals surface area (Å²) in [5.74, 6) is 0.980. The van der Waals surface area contributed by atoms with Crippen molar-refractivity contribution >= 4 is 28.5 Å². The van der Waals surface area contributed by atoms with Crippen molar-refractivity contribution in [2.45, 2.75) is 6.54 Å². The van der Waals surface area contributed by atoms with Crippen molar-refractivity contribution in [3.63, 3.8) is 0 Å². The van der Waals surface area contributed by atoms with Gasteiger partial charge in [-0.25, -0.2) is 0 Å². The van der Waals surface area contributed by atoms with Crippen LogP contribution in [-0.2, 0) is 13.6 Å². The van der Waals surface area contributed by atoms with Crippen molar-refractivity contribution in [2.75, 3.05) is 23.8 Å². The minimum atomic E-state index is -0.431. The summed E-state index contributed by atoms with van der Waals surface area (Å²) in [6.07, 6.45) is 1.67. The lowest BCUT2D eigenvalue weighted by molar-refractivity contribution is -0.384. The number of anilines is 2. The largest absolute Gasteiger partial charge is 0.395 e. The van der Waals surface area contributed by atoms with Crippen molar-refractivity contribution in [1.29, 1.82) is 0 Å². The number of benzene rings is 1. The third-order valence-corrected chi connectivity index (χ3v) is 3.59. The van der Waals surface area contributed by atoms with Crippen LogP contribution in [0.2, 0.25) is 0 Å². The molecule has 3 aromatic rings. The van der Waals surface area contributed by atoms with E-state index >= 15 is 0 Å². The number of aliphatic hydroxyl groups is 1. The molecule has 0 aliphatic heterocycles. The zero-order chi connectivity index (χ0) is 17.8. The predicted octanol–water partition coefficient (Wildman–Crippen LogP) is 1.29. The maximum Gasteiger partial charge on any atom is 0.269 e. The van der Waals surface area contributed by atoms with Crippen molar-refractivity contribution < 1.29 is 10.0 Å². The molecule has 2 aromatic heterocycles. The summed E-state index contributed by atoms with van der Waals surface area (Å²) in [6, 6.07) is 6.31. The number of nitro groups is 1. The Morgan fingerprint density at radius 1 is 1.24 bits per heavy atom. The van der Waals surface area contributed by atoms with E-state index in [0.717, 1.165) is 10.9 Å². The Morgan fingerprint density at radius 2 is 2.00 bits per heavy atom. The van der Waals surface area contributed by atoms with Crippen LogP contribution in [0.4, 0.5) is 17.5 Å². The molecule has 0 fully saturated rings. The van der Waals surface area contributed by atoms with Gasteiger partial charge in [0.05, 0.1) is 23.1 Å². The van der Waals surface area contributed by atoms with Crippen LogP contribution in [0.3, 0.4) is 0 Å². The maximum absolute atomic E-state index is 10.7. The second-order valence-electron chi connectivity index (χ2n) is 5.33. The summed E-state index contributed by atoms with van der Waals surface area (Å²) in [7, 11) is 1.78. The fraction of sp³-hybridized carbons (Fsp3) is 0.267. The van der Waals surface area contributed by atoms with E-state index in [2.05, 4.69) is 25.7 Å². The third-order valence-electron chi connectivity index (χ3n) is 3.59. The molecule has 0 spiro atoms. The Morgan fingerprint density at radius 3 is 2.68 bits per heavy atom. The van der Waals surface area contributed by atoms with Gasteiger partial charge in [-0.1, -0.05) is 12.1 Å². The Kier molecular flexibility index (Phi) is 4.70. The van der Waals surface area contributed by atoms with Crippen LogP contribution < -0.4 is 10.6 Å². The second kappa shape index (κ2) is 7.09. The van der Waals surface area contributed by atoms with Gasteiger partial charge < -0.3 is 15.7 Å². The van der Waals surface area contributed by atoms with Crippen molar-refractivity contribution in [1.82, 2.24) is 19.7 Å². The van der Waals surface area contributed by atoms with Crippen molar-refractivity contribution in [3.8, 4) is 0 Å². The molecule has 1 aromatic carbocycles. The van der Waals surface area contributed by atoms with E-state index in [9.17, 15) is 10.1 Å². The molecule has 0 radical (unpaired) electrons. The van der Waals surface area contributed by atoms with Crippen LogP contribution in [0, 0.1) is 10.1 Å². The smallest absolute Gasteiger partial charge is 0.269 e. The van der Waals surface area contributed by atoms with Gasteiger partial charge in [0.25, 0.3) is 5.69 Å². The lowest BCUT2D eigenvalue weighted by Crippen LogP contribution is -2.11. The van der Waals surface area contributed by atoms with Gasteiger partial charge in [0.2, 0.25) is 5.95 Å². The normalized spacial score (nSPS) is 10.8. The van der Waals surface area contributed by atoms with Gasteiger partial charge in [0.1, 0.15) is 5.82 Å². The minimum absolute atomic E-state index is 0.0294. The average Bonchev–Trinajstić information content (AvgIpc) is 2.99. The number of aromatic nitrogens is 4. The zero-order valence-electron chi connectivity index (χ0n) is 13.5. The summed E-state index contributed by atoms with van der Waals surface area (Å²) in [6.45, 7) is 0.752. The highest BCUT2D eigenvalue weighted by Gasteiger charge is 2.11. The second-order valence-corrected chi connectivity index (χ2v) is 5.33. The molecular weight excluding hydrogens is 326 g/mol. The first-order valence-electron chi connectivity index (χ1n) is 7.60. The monoisotopic (exact) mass is 343 g/mol. The van der Waals surface area contributed by atoms with Crippen LogP contribution in [0.1, 0.15) is 5.56 Å². The molecule has 0 bridgehead atoms. The van der Waals surface area contributed by atoms with Crippen LogP contribution in [0.25, 0.3) is 11.0 Å².